The van der Waals surface area contributed by atoms with Crippen LogP contribution in [0.2, 0.25) is 0 Å². The van der Waals surface area contributed by atoms with Gasteiger partial charge in [-0.3, -0.25) is 9.63 Å². The van der Waals surface area contributed by atoms with Gasteiger partial charge in [-0.05, 0) is 5.56 Å². The molecule has 1 amide bonds. The van der Waals surface area contributed by atoms with Crippen LogP contribution in [0.1, 0.15) is 5.56 Å². The van der Waals surface area contributed by atoms with Gasteiger partial charge in [-0.15, -0.1) is 0 Å². The molecule has 1 aromatic carbocycles. The van der Waals surface area contributed by atoms with E-state index in [1.807, 2.05) is 35.8 Å². The van der Waals surface area contributed by atoms with E-state index in [0.29, 0.717) is 0 Å². The summed E-state index contributed by atoms with van der Waals surface area (Å²) in [6, 6.07) is 9.12. The molecule has 1 rings (SSSR count). The Labute approximate surface area is 98.4 Å². The number of amides is 1. The fourth-order valence-corrected chi connectivity index (χ4v) is 1.10. The predicted molar refractivity (Wildman–Crippen MR) is 58.5 cm³/mol. The van der Waals surface area contributed by atoms with Crippen LogP contribution in [-0.2, 0) is 16.2 Å². The molecule has 17 heavy (non-hydrogen) atoms. The lowest BCUT2D eigenvalue weighted by molar-refractivity contribution is -0.150. The van der Waals surface area contributed by atoms with Crippen LogP contribution in [0.5, 0.6) is 0 Å². The Bertz CT molecular complexity index is 343. The lowest BCUT2D eigenvalue weighted by Gasteiger charge is -2.14. The van der Waals surface area contributed by atoms with Crippen molar-refractivity contribution in [3.05, 3.63) is 35.9 Å². The smallest absolute Gasteiger partial charge is 0.275 e. The summed E-state index contributed by atoms with van der Waals surface area (Å²) in [7, 11) is 0. The number of carbonyl (C=O) groups is 1. The second-order valence-electron chi connectivity index (χ2n) is 3.44. The molecule has 6 heteroatoms. The largest absolute Gasteiger partial charge is 0.394 e. The highest BCUT2D eigenvalue weighted by molar-refractivity contribution is 5.80. The van der Waals surface area contributed by atoms with Gasteiger partial charge in [0.15, 0.2) is 6.10 Å². The lowest BCUT2D eigenvalue weighted by atomic mass is 10.2. The second kappa shape index (κ2) is 6.97. The Hall–Kier alpha value is -1.47. The fraction of sp³-hybridized carbons (Fsp3) is 0.364. The molecule has 0 aliphatic carbocycles. The van der Waals surface area contributed by atoms with Crippen molar-refractivity contribution >= 4 is 5.91 Å². The average molecular weight is 241 g/mol. The highest BCUT2D eigenvalue weighted by Crippen LogP contribution is 1.99. The third-order valence-electron chi connectivity index (χ3n) is 2.07. The van der Waals surface area contributed by atoms with Crippen LogP contribution in [0, 0.1) is 0 Å². The van der Waals surface area contributed by atoms with Gasteiger partial charge in [0, 0.05) is 0 Å². The molecule has 94 valence electrons. The van der Waals surface area contributed by atoms with Gasteiger partial charge >= 0.3 is 0 Å². The first kappa shape index (κ1) is 13.6. The second-order valence-corrected chi connectivity index (χ2v) is 3.44. The number of hydroxylamine groups is 1. The maximum absolute atomic E-state index is 11.2. The Balaban J connectivity index is 2.29. The highest BCUT2D eigenvalue weighted by Gasteiger charge is 2.23. The van der Waals surface area contributed by atoms with Crippen molar-refractivity contribution in [1.29, 1.82) is 0 Å². The van der Waals surface area contributed by atoms with E-state index in [4.69, 9.17) is 15.1 Å². The molecule has 0 radical (unpaired) electrons. The van der Waals surface area contributed by atoms with E-state index in [2.05, 4.69) is 0 Å². The zero-order valence-electron chi connectivity index (χ0n) is 9.11. The van der Waals surface area contributed by atoms with E-state index in [1.54, 1.807) is 0 Å². The summed E-state index contributed by atoms with van der Waals surface area (Å²) in [4.78, 5) is 16.0. The molecule has 0 unspecified atom stereocenters. The highest BCUT2D eigenvalue weighted by atomic mass is 16.7. The average Bonchev–Trinajstić information content (AvgIpc) is 2.38. The maximum atomic E-state index is 11.2. The standard InChI is InChI=1S/C11H15NO5/c13-6-9(14)10(15)11(16)12-17-7-8-4-2-1-3-5-8/h1-5,9-10,13-15H,6-7H2,(H,12,16)/t9-,10+/m0/s1. The van der Waals surface area contributed by atoms with Crippen molar-refractivity contribution < 1.29 is 25.0 Å². The number of benzene rings is 1. The third-order valence-corrected chi connectivity index (χ3v) is 2.07. The van der Waals surface area contributed by atoms with Gasteiger partial charge in [-0.1, -0.05) is 30.3 Å². The van der Waals surface area contributed by atoms with Crippen LogP contribution in [0.15, 0.2) is 30.3 Å². The summed E-state index contributed by atoms with van der Waals surface area (Å²) in [5.74, 6) is -0.900. The Morgan fingerprint density at radius 1 is 1.29 bits per heavy atom. The van der Waals surface area contributed by atoms with E-state index in [0.717, 1.165) is 5.56 Å². The van der Waals surface area contributed by atoms with Crippen LogP contribution in [-0.4, -0.2) is 40.0 Å². The summed E-state index contributed by atoms with van der Waals surface area (Å²) in [5, 5.41) is 26.7. The van der Waals surface area contributed by atoms with Crippen molar-refractivity contribution in [1.82, 2.24) is 5.48 Å². The number of rotatable bonds is 6. The minimum atomic E-state index is -1.71. The van der Waals surface area contributed by atoms with E-state index >= 15 is 0 Å². The molecule has 0 bridgehead atoms. The topological polar surface area (TPSA) is 99.0 Å². The zero-order valence-corrected chi connectivity index (χ0v) is 9.11. The lowest BCUT2D eigenvalue weighted by Crippen LogP contribution is -2.43. The summed E-state index contributed by atoms with van der Waals surface area (Å²) >= 11 is 0. The number of aliphatic hydroxyl groups excluding tert-OH is 3. The van der Waals surface area contributed by atoms with Crippen LogP contribution < -0.4 is 5.48 Å². The third kappa shape index (κ3) is 4.49. The number of hydrogen-bond acceptors (Lipinski definition) is 5. The van der Waals surface area contributed by atoms with Crippen molar-refractivity contribution in [3.63, 3.8) is 0 Å². The van der Waals surface area contributed by atoms with Gasteiger partial charge in [-0.2, -0.15) is 0 Å². The molecule has 4 N–H and O–H groups in total. The van der Waals surface area contributed by atoms with Crippen molar-refractivity contribution in [2.75, 3.05) is 6.61 Å². The van der Waals surface area contributed by atoms with Crippen molar-refractivity contribution in [3.8, 4) is 0 Å². The summed E-state index contributed by atoms with van der Waals surface area (Å²) in [6.07, 6.45) is -3.23. The molecule has 2 atom stereocenters. The summed E-state index contributed by atoms with van der Waals surface area (Å²) in [5.41, 5.74) is 2.84. The van der Waals surface area contributed by atoms with Crippen LogP contribution in [0.4, 0.5) is 0 Å². The number of aliphatic hydroxyl groups is 3. The molecule has 0 heterocycles. The van der Waals surface area contributed by atoms with Gasteiger partial charge in [0.2, 0.25) is 0 Å². The first-order chi connectivity index (χ1) is 8.15. The predicted octanol–water partition coefficient (Wildman–Crippen LogP) is -1.05. The first-order valence-corrected chi connectivity index (χ1v) is 5.07. The quantitative estimate of drug-likeness (QED) is 0.476. The normalized spacial score (nSPS) is 14.1. The zero-order chi connectivity index (χ0) is 12.7. The molecule has 0 saturated carbocycles. The maximum Gasteiger partial charge on any atom is 0.275 e. The first-order valence-electron chi connectivity index (χ1n) is 5.07. The molecule has 1 aromatic rings. The minimum Gasteiger partial charge on any atom is -0.394 e. The molecular formula is C11H15NO5. The van der Waals surface area contributed by atoms with Crippen LogP contribution in [0.25, 0.3) is 0 Å². The molecule has 0 aromatic heterocycles. The minimum absolute atomic E-state index is 0.147. The number of carbonyl (C=O) groups excluding carboxylic acids is 1. The van der Waals surface area contributed by atoms with Crippen molar-refractivity contribution in [2.24, 2.45) is 0 Å². The Morgan fingerprint density at radius 3 is 2.53 bits per heavy atom. The van der Waals surface area contributed by atoms with Gasteiger partial charge in [-0.25, -0.2) is 5.48 Å². The molecule has 6 nitrogen and oxygen atoms in total. The van der Waals surface area contributed by atoms with E-state index in [9.17, 15) is 9.90 Å². The molecule has 0 aliphatic rings. The van der Waals surface area contributed by atoms with Crippen LogP contribution >= 0.6 is 0 Å². The fourth-order valence-electron chi connectivity index (χ4n) is 1.10. The van der Waals surface area contributed by atoms with Gasteiger partial charge in [0.1, 0.15) is 6.10 Å². The van der Waals surface area contributed by atoms with Gasteiger partial charge in [0.25, 0.3) is 5.91 Å². The summed E-state index contributed by atoms with van der Waals surface area (Å²) in [6.45, 7) is -0.554. The van der Waals surface area contributed by atoms with Gasteiger partial charge in [0.05, 0.1) is 13.2 Å². The molecule has 0 spiro atoms. The van der Waals surface area contributed by atoms with Crippen molar-refractivity contribution in [2.45, 2.75) is 18.8 Å². The van der Waals surface area contributed by atoms with Crippen LogP contribution in [0.3, 0.4) is 0 Å². The molecule has 0 saturated heterocycles. The summed E-state index contributed by atoms with van der Waals surface area (Å²) < 4.78 is 0. The number of nitrogens with one attached hydrogen (secondary N) is 1. The monoisotopic (exact) mass is 241 g/mol. The SMILES string of the molecule is O=C(NOCc1ccccc1)[C@H](O)[C@@H](O)CO. The van der Waals surface area contributed by atoms with Gasteiger partial charge < -0.3 is 15.3 Å². The van der Waals surface area contributed by atoms with E-state index in [1.165, 1.54) is 0 Å². The Kier molecular flexibility index (Phi) is 5.58. The molecule has 0 fully saturated rings. The van der Waals surface area contributed by atoms with E-state index in [-0.39, 0.29) is 6.61 Å². The molecular weight excluding hydrogens is 226 g/mol. The number of hydrogen-bond donors (Lipinski definition) is 4. The van der Waals surface area contributed by atoms with E-state index < -0.39 is 24.7 Å². The Morgan fingerprint density at radius 2 is 1.94 bits per heavy atom. The molecule has 0 aliphatic heterocycles.